The number of piperidine rings is 1. The Kier molecular flexibility index (Phi) is 5.61. The van der Waals surface area contributed by atoms with E-state index < -0.39 is 0 Å². The molecule has 7 nitrogen and oxygen atoms in total. The molecular weight excluding hydrogens is 400 g/mol. The molecule has 2 amide bonds. The van der Waals surface area contributed by atoms with Crippen molar-refractivity contribution < 1.29 is 14.7 Å². The second-order valence-corrected chi connectivity index (χ2v) is 7.43. The SMILES string of the molecule is Cn1cc(C(=O)NCC2CCN(C(=O)c3ccc(Br)cc3O)CC2)cn1. The number of benzene rings is 1. The van der Waals surface area contributed by atoms with Gasteiger partial charge in [-0.25, -0.2) is 0 Å². The summed E-state index contributed by atoms with van der Waals surface area (Å²) in [5, 5.41) is 16.9. The number of likely N-dealkylation sites (tertiary alicyclic amines) is 1. The van der Waals surface area contributed by atoms with Crippen LogP contribution in [0.15, 0.2) is 35.1 Å². The van der Waals surface area contributed by atoms with E-state index in [1.165, 1.54) is 6.07 Å². The molecule has 3 rings (SSSR count). The number of carbonyl (C=O) groups is 2. The number of phenols is 1. The van der Waals surface area contributed by atoms with Crippen LogP contribution in [0.25, 0.3) is 0 Å². The molecule has 0 radical (unpaired) electrons. The van der Waals surface area contributed by atoms with Gasteiger partial charge in [-0.15, -0.1) is 0 Å². The van der Waals surface area contributed by atoms with Crippen molar-refractivity contribution in [1.29, 1.82) is 0 Å². The molecule has 1 aromatic heterocycles. The van der Waals surface area contributed by atoms with E-state index in [1.54, 1.807) is 41.2 Å². The van der Waals surface area contributed by atoms with Gasteiger partial charge < -0.3 is 15.3 Å². The van der Waals surface area contributed by atoms with E-state index in [0.29, 0.717) is 36.7 Å². The fourth-order valence-electron chi connectivity index (χ4n) is 3.07. The monoisotopic (exact) mass is 420 g/mol. The van der Waals surface area contributed by atoms with Crippen LogP contribution in [0.5, 0.6) is 5.75 Å². The summed E-state index contributed by atoms with van der Waals surface area (Å²) in [4.78, 5) is 26.4. The van der Waals surface area contributed by atoms with Gasteiger partial charge in [0.2, 0.25) is 0 Å². The number of nitrogens with zero attached hydrogens (tertiary/aromatic N) is 3. The van der Waals surface area contributed by atoms with Crippen molar-refractivity contribution >= 4 is 27.7 Å². The summed E-state index contributed by atoms with van der Waals surface area (Å²) >= 11 is 3.27. The first-order valence-electron chi connectivity index (χ1n) is 8.48. The van der Waals surface area contributed by atoms with Crippen molar-refractivity contribution in [3.63, 3.8) is 0 Å². The third-order valence-electron chi connectivity index (χ3n) is 4.61. The highest BCUT2D eigenvalue weighted by molar-refractivity contribution is 9.10. The Morgan fingerprint density at radius 3 is 2.69 bits per heavy atom. The Labute approximate surface area is 160 Å². The summed E-state index contributed by atoms with van der Waals surface area (Å²) in [6, 6.07) is 4.89. The second-order valence-electron chi connectivity index (χ2n) is 6.51. The number of nitrogens with one attached hydrogen (secondary N) is 1. The lowest BCUT2D eigenvalue weighted by atomic mass is 9.96. The highest BCUT2D eigenvalue weighted by Gasteiger charge is 2.25. The molecule has 1 aromatic carbocycles. The van der Waals surface area contributed by atoms with Crippen LogP contribution in [0, 0.1) is 5.92 Å². The Morgan fingerprint density at radius 2 is 2.08 bits per heavy atom. The highest BCUT2D eigenvalue weighted by Crippen LogP contribution is 2.25. The Hall–Kier alpha value is -2.35. The summed E-state index contributed by atoms with van der Waals surface area (Å²) in [7, 11) is 1.77. The van der Waals surface area contributed by atoms with Crippen LogP contribution in [0.3, 0.4) is 0 Å². The van der Waals surface area contributed by atoms with E-state index in [0.717, 1.165) is 17.3 Å². The molecule has 0 spiro atoms. The maximum absolute atomic E-state index is 12.6. The number of amides is 2. The van der Waals surface area contributed by atoms with Crippen LogP contribution in [0.1, 0.15) is 33.6 Å². The molecule has 0 atom stereocenters. The Balaban J connectivity index is 1.49. The quantitative estimate of drug-likeness (QED) is 0.793. The number of aromatic nitrogens is 2. The van der Waals surface area contributed by atoms with Gasteiger partial charge in [0.1, 0.15) is 5.75 Å². The number of hydrogen-bond donors (Lipinski definition) is 2. The van der Waals surface area contributed by atoms with Gasteiger partial charge in [0.25, 0.3) is 11.8 Å². The molecule has 2 N–H and O–H groups in total. The average molecular weight is 421 g/mol. The summed E-state index contributed by atoms with van der Waals surface area (Å²) in [5.74, 6) is 0.0256. The third kappa shape index (κ3) is 4.24. The van der Waals surface area contributed by atoms with Crippen LogP contribution in [0.4, 0.5) is 0 Å². The van der Waals surface area contributed by atoms with E-state index in [-0.39, 0.29) is 17.6 Å². The minimum absolute atomic E-state index is 0.0183. The average Bonchev–Trinajstić information content (AvgIpc) is 3.06. The van der Waals surface area contributed by atoms with E-state index in [9.17, 15) is 14.7 Å². The predicted octanol–water partition coefficient (Wildman–Crippen LogP) is 2.17. The maximum Gasteiger partial charge on any atom is 0.257 e. The van der Waals surface area contributed by atoms with Crippen molar-refractivity contribution in [2.24, 2.45) is 13.0 Å². The molecule has 1 fully saturated rings. The lowest BCUT2D eigenvalue weighted by molar-refractivity contribution is 0.0681. The van der Waals surface area contributed by atoms with Gasteiger partial charge in [-0.3, -0.25) is 14.3 Å². The summed E-state index contributed by atoms with van der Waals surface area (Å²) in [5.41, 5.74) is 0.863. The van der Waals surface area contributed by atoms with Gasteiger partial charge in [-0.2, -0.15) is 5.10 Å². The molecule has 0 saturated carbocycles. The van der Waals surface area contributed by atoms with Crippen molar-refractivity contribution in [2.75, 3.05) is 19.6 Å². The summed E-state index contributed by atoms with van der Waals surface area (Å²) in [6.45, 7) is 1.81. The smallest absolute Gasteiger partial charge is 0.257 e. The van der Waals surface area contributed by atoms with E-state index >= 15 is 0 Å². The van der Waals surface area contributed by atoms with Gasteiger partial charge in [0, 0.05) is 37.4 Å². The number of halogens is 1. The Morgan fingerprint density at radius 1 is 1.35 bits per heavy atom. The third-order valence-corrected chi connectivity index (χ3v) is 5.10. The van der Waals surface area contributed by atoms with Gasteiger partial charge in [0.05, 0.1) is 17.3 Å². The highest BCUT2D eigenvalue weighted by atomic mass is 79.9. The van der Waals surface area contributed by atoms with Gasteiger partial charge in [-0.05, 0) is 37.0 Å². The lowest BCUT2D eigenvalue weighted by Gasteiger charge is -2.32. The topological polar surface area (TPSA) is 87.5 Å². The number of aromatic hydroxyl groups is 1. The molecule has 0 unspecified atom stereocenters. The molecule has 1 aliphatic rings. The zero-order chi connectivity index (χ0) is 18.7. The maximum atomic E-state index is 12.6. The van der Waals surface area contributed by atoms with E-state index in [4.69, 9.17) is 0 Å². The van der Waals surface area contributed by atoms with Gasteiger partial charge >= 0.3 is 0 Å². The molecule has 0 bridgehead atoms. The molecule has 1 aliphatic heterocycles. The molecule has 2 aromatic rings. The standard InChI is InChI=1S/C18H21BrN4O3/c1-22-11-13(10-21-22)17(25)20-9-12-4-6-23(7-5-12)18(26)15-3-2-14(19)8-16(15)24/h2-3,8,10-12,24H,4-7,9H2,1H3,(H,20,25). The minimum atomic E-state index is -0.159. The number of rotatable bonds is 4. The van der Waals surface area contributed by atoms with Gasteiger partial charge in [0.15, 0.2) is 0 Å². The molecule has 2 heterocycles. The first-order chi connectivity index (χ1) is 12.4. The van der Waals surface area contributed by atoms with E-state index in [2.05, 4.69) is 26.3 Å². The van der Waals surface area contributed by atoms with Crippen molar-refractivity contribution in [2.45, 2.75) is 12.8 Å². The van der Waals surface area contributed by atoms with Crippen LogP contribution < -0.4 is 5.32 Å². The fourth-order valence-corrected chi connectivity index (χ4v) is 3.42. The zero-order valence-electron chi connectivity index (χ0n) is 14.5. The second kappa shape index (κ2) is 7.90. The summed E-state index contributed by atoms with van der Waals surface area (Å²) in [6.07, 6.45) is 4.86. The molecule has 8 heteroatoms. The predicted molar refractivity (Wildman–Crippen MR) is 100.0 cm³/mol. The normalized spacial score (nSPS) is 15.1. The van der Waals surface area contributed by atoms with Crippen LogP contribution in [0.2, 0.25) is 0 Å². The van der Waals surface area contributed by atoms with Crippen molar-refractivity contribution in [3.8, 4) is 5.75 Å². The minimum Gasteiger partial charge on any atom is -0.507 e. The van der Waals surface area contributed by atoms with Gasteiger partial charge in [-0.1, -0.05) is 15.9 Å². The van der Waals surface area contributed by atoms with Crippen LogP contribution >= 0.6 is 15.9 Å². The van der Waals surface area contributed by atoms with Crippen molar-refractivity contribution in [3.05, 3.63) is 46.2 Å². The van der Waals surface area contributed by atoms with Crippen LogP contribution in [-0.4, -0.2) is 51.2 Å². The summed E-state index contributed by atoms with van der Waals surface area (Å²) < 4.78 is 2.32. The number of aryl methyl sites for hydroxylation is 1. The zero-order valence-corrected chi connectivity index (χ0v) is 16.1. The first kappa shape index (κ1) is 18.4. The number of hydrogen-bond acceptors (Lipinski definition) is 4. The van der Waals surface area contributed by atoms with E-state index in [1.807, 2.05) is 0 Å². The lowest BCUT2D eigenvalue weighted by Crippen LogP contribution is -2.41. The first-order valence-corrected chi connectivity index (χ1v) is 9.28. The largest absolute Gasteiger partial charge is 0.507 e. The Bertz CT molecular complexity index is 813. The molecule has 138 valence electrons. The molecule has 26 heavy (non-hydrogen) atoms. The fraction of sp³-hybridized carbons (Fsp3) is 0.389. The number of carbonyl (C=O) groups excluding carboxylic acids is 2. The molecule has 1 saturated heterocycles. The molecular formula is C18H21BrN4O3. The van der Waals surface area contributed by atoms with Crippen LogP contribution in [-0.2, 0) is 7.05 Å². The van der Waals surface area contributed by atoms with Crippen molar-refractivity contribution in [1.82, 2.24) is 20.0 Å². The number of phenolic OH excluding ortho intramolecular Hbond substituents is 1. The molecule has 0 aliphatic carbocycles.